The molecule has 0 fully saturated rings. The fourth-order valence-electron chi connectivity index (χ4n) is 3.89. The van der Waals surface area contributed by atoms with Gasteiger partial charge in [0, 0.05) is 28.7 Å². The molecular formula is C28H25N5OS2. The zero-order valence-electron chi connectivity index (χ0n) is 20.0. The molecule has 0 aliphatic heterocycles. The molecule has 0 aliphatic carbocycles. The van der Waals surface area contributed by atoms with Gasteiger partial charge in [-0.2, -0.15) is 0 Å². The zero-order chi connectivity index (χ0) is 24.9. The summed E-state index contributed by atoms with van der Waals surface area (Å²) in [5.74, 6) is 0.812. The lowest BCUT2D eigenvalue weighted by Gasteiger charge is -2.11. The van der Waals surface area contributed by atoms with Crippen molar-refractivity contribution in [3.63, 3.8) is 0 Å². The van der Waals surface area contributed by atoms with Gasteiger partial charge in [-0.3, -0.25) is 9.36 Å². The molecule has 1 N–H and O–H groups in total. The lowest BCUT2D eigenvalue weighted by molar-refractivity contribution is -0.113. The van der Waals surface area contributed by atoms with E-state index in [1.807, 2.05) is 53.2 Å². The Bertz CT molecular complexity index is 1490. The second-order valence-electron chi connectivity index (χ2n) is 8.48. The first kappa shape index (κ1) is 24.0. The minimum absolute atomic E-state index is 0.128. The third kappa shape index (κ3) is 5.72. The topological polar surface area (TPSA) is 72.7 Å². The molecule has 0 spiro atoms. The molecule has 0 aliphatic rings. The summed E-state index contributed by atoms with van der Waals surface area (Å²) in [6, 6.07) is 26.5. The summed E-state index contributed by atoms with van der Waals surface area (Å²) in [5.41, 5.74) is 5.53. The zero-order valence-corrected chi connectivity index (χ0v) is 21.6. The maximum absolute atomic E-state index is 12.8. The van der Waals surface area contributed by atoms with Crippen LogP contribution >= 0.6 is 23.1 Å². The highest BCUT2D eigenvalue weighted by molar-refractivity contribution is 7.99. The first-order valence-electron chi connectivity index (χ1n) is 11.6. The van der Waals surface area contributed by atoms with Crippen LogP contribution in [0, 0.1) is 13.8 Å². The molecule has 3 aromatic carbocycles. The molecule has 0 atom stereocenters. The van der Waals surface area contributed by atoms with E-state index in [0.717, 1.165) is 33.9 Å². The van der Waals surface area contributed by atoms with Crippen molar-refractivity contribution in [1.82, 2.24) is 19.7 Å². The van der Waals surface area contributed by atoms with Gasteiger partial charge in [0.1, 0.15) is 0 Å². The van der Waals surface area contributed by atoms with E-state index in [1.54, 1.807) is 0 Å². The summed E-state index contributed by atoms with van der Waals surface area (Å²) in [6.07, 6.45) is 2.63. The lowest BCUT2D eigenvalue weighted by Crippen LogP contribution is -2.14. The highest BCUT2D eigenvalue weighted by Gasteiger charge is 2.18. The van der Waals surface area contributed by atoms with Crippen molar-refractivity contribution in [3.8, 4) is 17.1 Å². The predicted molar refractivity (Wildman–Crippen MR) is 147 cm³/mol. The third-order valence-electron chi connectivity index (χ3n) is 5.52. The number of aromatic nitrogens is 4. The quantitative estimate of drug-likeness (QED) is 0.247. The Kier molecular flexibility index (Phi) is 7.25. The number of thioether (sulfide) groups is 1. The average Bonchev–Trinajstić information content (AvgIpc) is 3.50. The first-order valence-corrected chi connectivity index (χ1v) is 13.4. The smallest absolute Gasteiger partial charge is 0.236 e. The van der Waals surface area contributed by atoms with Gasteiger partial charge in [-0.15, -0.1) is 21.5 Å². The largest absolute Gasteiger partial charge is 0.301 e. The Balaban J connectivity index is 1.29. The summed E-state index contributed by atoms with van der Waals surface area (Å²) in [6.45, 7) is 4.14. The lowest BCUT2D eigenvalue weighted by atomic mass is 10.1. The molecule has 0 saturated heterocycles. The van der Waals surface area contributed by atoms with Crippen molar-refractivity contribution in [2.45, 2.75) is 25.4 Å². The molecule has 5 rings (SSSR count). The van der Waals surface area contributed by atoms with Gasteiger partial charge >= 0.3 is 0 Å². The standard InChI is InChI=1S/C28H25N5OS2/c1-19-8-6-10-21(14-19)16-24-17-29-27(36-24)30-25(34)18-35-28-32-31-26(22-11-4-3-5-12-22)33(28)23-13-7-9-20(2)15-23/h3-15,17H,16,18H2,1-2H3,(H,29,30,34). The van der Waals surface area contributed by atoms with Crippen LogP contribution in [0.5, 0.6) is 0 Å². The average molecular weight is 512 g/mol. The van der Waals surface area contributed by atoms with Gasteiger partial charge in [-0.1, -0.05) is 84.1 Å². The molecule has 180 valence electrons. The second-order valence-corrected chi connectivity index (χ2v) is 10.5. The van der Waals surface area contributed by atoms with Crippen LogP contribution in [-0.4, -0.2) is 31.4 Å². The van der Waals surface area contributed by atoms with Crippen molar-refractivity contribution in [3.05, 3.63) is 107 Å². The Morgan fingerprint density at radius 2 is 1.72 bits per heavy atom. The summed E-state index contributed by atoms with van der Waals surface area (Å²) in [7, 11) is 0. The number of carbonyl (C=O) groups excluding carboxylic acids is 1. The Morgan fingerprint density at radius 3 is 2.50 bits per heavy atom. The molecule has 5 aromatic rings. The number of rotatable bonds is 8. The monoisotopic (exact) mass is 511 g/mol. The number of hydrogen-bond donors (Lipinski definition) is 1. The molecule has 0 bridgehead atoms. The SMILES string of the molecule is Cc1cccc(Cc2cnc(NC(=O)CSc3nnc(-c4ccccc4)n3-c3cccc(C)c3)s2)c1. The normalized spacial score (nSPS) is 10.9. The van der Waals surface area contributed by atoms with Gasteiger partial charge in [-0.25, -0.2) is 4.98 Å². The Hall–Kier alpha value is -3.75. The van der Waals surface area contributed by atoms with Crippen molar-refractivity contribution < 1.29 is 4.79 Å². The summed E-state index contributed by atoms with van der Waals surface area (Å²) >= 11 is 2.86. The van der Waals surface area contributed by atoms with Gasteiger partial charge in [-0.05, 0) is 37.1 Å². The number of benzene rings is 3. The predicted octanol–water partition coefficient (Wildman–Crippen LogP) is 6.33. The van der Waals surface area contributed by atoms with Crippen LogP contribution in [0.2, 0.25) is 0 Å². The fourth-order valence-corrected chi connectivity index (χ4v) is 5.51. The van der Waals surface area contributed by atoms with Gasteiger partial charge < -0.3 is 5.32 Å². The number of carbonyl (C=O) groups is 1. The van der Waals surface area contributed by atoms with Crippen molar-refractivity contribution >= 4 is 34.1 Å². The van der Waals surface area contributed by atoms with E-state index in [1.165, 1.54) is 34.2 Å². The number of nitrogens with one attached hydrogen (secondary N) is 1. The van der Waals surface area contributed by atoms with Gasteiger partial charge in [0.25, 0.3) is 0 Å². The van der Waals surface area contributed by atoms with E-state index >= 15 is 0 Å². The second kappa shape index (κ2) is 10.9. The molecule has 0 unspecified atom stereocenters. The van der Waals surface area contributed by atoms with Gasteiger partial charge in [0.05, 0.1) is 5.75 Å². The molecule has 2 aromatic heterocycles. The van der Waals surface area contributed by atoms with Gasteiger partial charge in [0.2, 0.25) is 5.91 Å². The van der Waals surface area contributed by atoms with E-state index in [-0.39, 0.29) is 11.7 Å². The van der Waals surface area contributed by atoms with Crippen LogP contribution in [0.15, 0.2) is 90.2 Å². The molecular weight excluding hydrogens is 486 g/mol. The molecule has 0 radical (unpaired) electrons. The van der Waals surface area contributed by atoms with Crippen LogP contribution in [0.1, 0.15) is 21.6 Å². The first-order chi connectivity index (χ1) is 17.5. The summed E-state index contributed by atoms with van der Waals surface area (Å²) < 4.78 is 2.00. The highest BCUT2D eigenvalue weighted by Crippen LogP contribution is 2.29. The number of aryl methyl sites for hydroxylation is 2. The minimum atomic E-state index is -0.128. The molecule has 0 saturated carbocycles. The maximum atomic E-state index is 12.8. The van der Waals surface area contributed by atoms with E-state index in [9.17, 15) is 4.79 Å². The van der Waals surface area contributed by atoms with Crippen molar-refractivity contribution in [2.24, 2.45) is 0 Å². The third-order valence-corrected chi connectivity index (χ3v) is 7.36. The number of nitrogens with zero attached hydrogens (tertiary/aromatic N) is 4. The van der Waals surface area contributed by atoms with Crippen molar-refractivity contribution in [1.29, 1.82) is 0 Å². The van der Waals surface area contributed by atoms with Crippen LogP contribution in [0.4, 0.5) is 5.13 Å². The molecule has 8 heteroatoms. The molecule has 36 heavy (non-hydrogen) atoms. The Morgan fingerprint density at radius 1 is 0.944 bits per heavy atom. The molecule has 6 nitrogen and oxygen atoms in total. The fraction of sp³-hybridized carbons (Fsp3) is 0.143. The number of thiazole rings is 1. The van der Waals surface area contributed by atoms with E-state index in [4.69, 9.17) is 0 Å². The van der Waals surface area contributed by atoms with E-state index in [0.29, 0.717) is 10.3 Å². The summed E-state index contributed by atoms with van der Waals surface area (Å²) in [4.78, 5) is 18.3. The summed E-state index contributed by atoms with van der Waals surface area (Å²) in [5, 5.41) is 13.1. The number of hydrogen-bond acceptors (Lipinski definition) is 6. The molecule has 2 heterocycles. The Labute approximate surface area is 218 Å². The maximum Gasteiger partial charge on any atom is 0.236 e. The number of anilines is 1. The van der Waals surface area contributed by atoms with Crippen LogP contribution < -0.4 is 5.32 Å². The van der Waals surface area contributed by atoms with Crippen LogP contribution in [0.25, 0.3) is 17.1 Å². The van der Waals surface area contributed by atoms with Crippen molar-refractivity contribution in [2.75, 3.05) is 11.1 Å². The minimum Gasteiger partial charge on any atom is -0.301 e. The van der Waals surface area contributed by atoms with Crippen LogP contribution in [-0.2, 0) is 11.2 Å². The highest BCUT2D eigenvalue weighted by atomic mass is 32.2. The van der Waals surface area contributed by atoms with Crippen LogP contribution in [0.3, 0.4) is 0 Å². The molecule has 1 amide bonds. The number of amides is 1. The van der Waals surface area contributed by atoms with Gasteiger partial charge in [0.15, 0.2) is 16.1 Å². The van der Waals surface area contributed by atoms with E-state index in [2.05, 4.69) is 70.7 Å². The van der Waals surface area contributed by atoms with E-state index < -0.39 is 0 Å².